The number of rotatable bonds is 18. The molecule has 0 spiro atoms. The maximum absolute atomic E-state index is 13.9. The Kier molecular flexibility index (Phi) is 15.0. The van der Waals surface area contributed by atoms with E-state index in [1.54, 1.807) is 13.1 Å². The van der Waals surface area contributed by atoms with E-state index >= 15 is 0 Å². The normalized spacial score (nSPS) is 14.0. The number of carbonyl (C=O) groups is 1. The molecule has 1 heterocycles. The maximum atomic E-state index is 13.9. The van der Waals surface area contributed by atoms with Gasteiger partial charge in [0.05, 0.1) is 12.3 Å². The van der Waals surface area contributed by atoms with Crippen molar-refractivity contribution in [2.75, 3.05) is 19.0 Å². The largest absolute Gasteiger partial charge is 0.392 e. The first kappa shape index (κ1) is 30.7. The van der Waals surface area contributed by atoms with Gasteiger partial charge in [-0.2, -0.15) is 9.37 Å². The van der Waals surface area contributed by atoms with Gasteiger partial charge in [-0.25, -0.2) is 4.98 Å². The molecule has 0 saturated carbocycles. The zero-order chi connectivity index (χ0) is 26.1. The third-order valence-electron chi connectivity index (χ3n) is 6.30. The second-order valence-corrected chi connectivity index (χ2v) is 9.03. The molecule has 35 heavy (non-hydrogen) atoms. The third kappa shape index (κ3) is 11.3. The summed E-state index contributed by atoms with van der Waals surface area (Å²) in [7, 11) is 1.50. The molecule has 8 heteroatoms. The van der Waals surface area contributed by atoms with Crippen LogP contribution in [0.2, 0.25) is 0 Å². The summed E-state index contributed by atoms with van der Waals surface area (Å²) < 4.78 is 19.2. The standard InChI is InChI=1S/C27H43FN4O3/c1-6-9-10-11-12-13-14-17-23(34)31-25-24(21(4)30-26(28)32-25)29-19-22(7-2)16-15-18-27(8-3,20-33)35-5/h3,19,22,33H,6-7,9-18,20H2,1-2,4-5H3,(H,30,31,32,34)/b29-19-. The minimum atomic E-state index is -0.968. The van der Waals surface area contributed by atoms with Crippen molar-refractivity contribution in [3.05, 3.63) is 11.8 Å². The molecule has 0 aliphatic carbocycles. The van der Waals surface area contributed by atoms with Crippen LogP contribution < -0.4 is 5.32 Å². The molecule has 0 aliphatic heterocycles. The molecule has 0 fully saturated rings. The van der Waals surface area contributed by atoms with Crippen molar-refractivity contribution in [1.29, 1.82) is 0 Å². The first-order chi connectivity index (χ1) is 16.8. The molecule has 2 atom stereocenters. The molecule has 0 saturated heterocycles. The van der Waals surface area contributed by atoms with Crippen LogP contribution in [0, 0.1) is 31.3 Å². The molecule has 0 aliphatic rings. The Hall–Kier alpha value is -2.37. The van der Waals surface area contributed by atoms with E-state index in [1.807, 2.05) is 6.92 Å². The number of halogens is 1. The fourth-order valence-corrected chi connectivity index (χ4v) is 3.85. The predicted molar refractivity (Wildman–Crippen MR) is 139 cm³/mol. The quantitative estimate of drug-likeness (QED) is 0.115. The number of unbranched alkanes of at least 4 members (excludes halogenated alkanes) is 6. The molecule has 1 rings (SSSR count). The first-order valence-corrected chi connectivity index (χ1v) is 12.9. The Morgan fingerprint density at radius 3 is 2.51 bits per heavy atom. The number of ether oxygens (including phenoxy) is 1. The van der Waals surface area contributed by atoms with E-state index in [2.05, 4.69) is 33.1 Å². The molecular weight excluding hydrogens is 447 g/mol. The summed E-state index contributed by atoms with van der Waals surface area (Å²) in [5.41, 5.74) is -0.243. The van der Waals surface area contributed by atoms with Crippen LogP contribution >= 0.6 is 0 Å². The van der Waals surface area contributed by atoms with Crippen LogP contribution in [-0.4, -0.2) is 46.5 Å². The van der Waals surface area contributed by atoms with Gasteiger partial charge in [-0.15, -0.1) is 6.42 Å². The highest BCUT2D eigenvalue weighted by atomic mass is 19.1. The zero-order valence-electron chi connectivity index (χ0n) is 21.9. The Morgan fingerprint density at radius 1 is 1.23 bits per heavy atom. The van der Waals surface area contributed by atoms with Crippen molar-refractivity contribution in [2.24, 2.45) is 10.9 Å². The lowest BCUT2D eigenvalue weighted by Gasteiger charge is -2.24. The number of aromatic nitrogens is 2. The van der Waals surface area contributed by atoms with Gasteiger partial charge in [0.25, 0.3) is 0 Å². The monoisotopic (exact) mass is 490 g/mol. The Labute approximate surface area is 210 Å². The van der Waals surface area contributed by atoms with Crippen molar-refractivity contribution in [2.45, 2.75) is 103 Å². The molecule has 0 aromatic carbocycles. The number of nitrogens with one attached hydrogen (secondary N) is 1. The number of hydrogen-bond donors (Lipinski definition) is 2. The van der Waals surface area contributed by atoms with Crippen LogP contribution in [0.1, 0.15) is 96.6 Å². The second kappa shape index (κ2) is 17.1. The summed E-state index contributed by atoms with van der Waals surface area (Å²) in [6, 6.07) is 0. The molecular formula is C27H43FN4O3. The van der Waals surface area contributed by atoms with Gasteiger partial charge in [0.2, 0.25) is 5.91 Å². The van der Waals surface area contributed by atoms with Gasteiger partial charge in [0, 0.05) is 19.7 Å². The lowest BCUT2D eigenvalue weighted by Crippen LogP contribution is -2.34. The number of amides is 1. The smallest absolute Gasteiger partial charge is 0.310 e. The summed E-state index contributed by atoms with van der Waals surface area (Å²) in [6.45, 7) is 5.64. The van der Waals surface area contributed by atoms with E-state index in [0.717, 1.165) is 38.5 Å². The van der Waals surface area contributed by atoms with Crippen LogP contribution in [0.15, 0.2) is 4.99 Å². The van der Waals surface area contributed by atoms with Crippen molar-refractivity contribution in [3.8, 4) is 12.3 Å². The van der Waals surface area contributed by atoms with E-state index in [1.165, 1.54) is 32.8 Å². The van der Waals surface area contributed by atoms with Gasteiger partial charge in [-0.1, -0.05) is 58.3 Å². The van der Waals surface area contributed by atoms with Crippen molar-refractivity contribution >= 4 is 23.6 Å². The van der Waals surface area contributed by atoms with E-state index in [-0.39, 0.29) is 24.2 Å². The van der Waals surface area contributed by atoms with Gasteiger partial charge < -0.3 is 15.2 Å². The highest BCUT2D eigenvalue weighted by molar-refractivity contribution is 5.93. The van der Waals surface area contributed by atoms with Gasteiger partial charge in [0.15, 0.2) is 11.4 Å². The lowest BCUT2D eigenvalue weighted by atomic mass is 9.93. The Balaban J connectivity index is 2.74. The average Bonchev–Trinajstić information content (AvgIpc) is 2.84. The molecule has 1 aromatic rings. The number of anilines is 1. The number of methoxy groups -OCH3 is 1. The number of hydrogen-bond acceptors (Lipinski definition) is 6. The maximum Gasteiger partial charge on any atom is 0.310 e. The summed E-state index contributed by atoms with van der Waals surface area (Å²) in [6.07, 6.45) is 17.5. The van der Waals surface area contributed by atoms with E-state index < -0.39 is 11.7 Å². The third-order valence-corrected chi connectivity index (χ3v) is 6.30. The predicted octanol–water partition coefficient (Wildman–Crippen LogP) is 5.91. The van der Waals surface area contributed by atoms with E-state index in [4.69, 9.17) is 11.2 Å². The number of aliphatic imine (C=N–C) groups is 1. The van der Waals surface area contributed by atoms with Gasteiger partial charge in [-0.3, -0.25) is 9.79 Å². The van der Waals surface area contributed by atoms with Crippen LogP contribution in [0.25, 0.3) is 0 Å². The van der Waals surface area contributed by atoms with Gasteiger partial charge in [-0.05, 0) is 44.9 Å². The number of aryl methyl sites for hydroxylation is 1. The summed E-state index contributed by atoms with van der Waals surface area (Å²) in [5.74, 6) is 2.56. The summed E-state index contributed by atoms with van der Waals surface area (Å²) in [4.78, 5) is 24.5. The topological polar surface area (TPSA) is 96.7 Å². The van der Waals surface area contributed by atoms with E-state index in [9.17, 15) is 14.3 Å². The van der Waals surface area contributed by atoms with Gasteiger partial charge >= 0.3 is 6.08 Å². The second-order valence-electron chi connectivity index (χ2n) is 9.03. The molecule has 0 bridgehead atoms. The SMILES string of the molecule is C#CC(CO)(CCCC(/C=N\c1c(C)nc(F)nc1NC(=O)CCCCCCCCC)CC)OC. The van der Waals surface area contributed by atoms with Crippen LogP contribution in [0.4, 0.5) is 15.9 Å². The molecule has 0 radical (unpaired) electrons. The van der Waals surface area contributed by atoms with Crippen LogP contribution in [0.5, 0.6) is 0 Å². The Morgan fingerprint density at radius 2 is 1.91 bits per heavy atom. The fraction of sp³-hybridized carbons (Fsp3) is 0.704. The number of aliphatic hydroxyl groups excluding tert-OH is 1. The fourth-order valence-electron chi connectivity index (χ4n) is 3.85. The molecule has 196 valence electrons. The first-order valence-electron chi connectivity index (χ1n) is 12.9. The van der Waals surface area contributed by atoms with E-state index in [0.29, 0.717) is 24.2 Å². The van der Waals surface area contributed by atoms with Crippen LogP contribution in [-0.2, 0) is 9.53 Å². The summed E-state index contributed by atoms with van der Waals surface area (Å²) >= 11 is 0. The van der Waals surface area contributed by atoms with Gasteiger partial charge in [0.1, 0.15) is 5.69 Å². The molecule has 1 amide bonds. The minimum Gasteiger partial charge on any atom is -0.392 e. The number of terminal acetylenes is 1. The zero-order valence-corrected chi connectivity index (χ0v) is 21.9. The molecule has 2 unspecified atom stereocenters. The number of nitrogens with zero attached hydrogens (tertiary/aromatic N) is 3. The number of aliphatic hydroxyl groups is 1. The highest BCUT2D eigenvalue weighted by Gasteiger charge is 2.26. The Bertz CT molecular complexity index is 834. The number of carbonyl (C=O) groups excluding carboxylic acids is 1. The van der Waals surface area contributed by atoms with Crippen molar-refractivity contribution in [1.82, 2.24) is 9.97 Å². The lowest BCUT2D eigenvalue weighted by molar-refractivity contribution is -0.116. The summed E-state index contributed by atoms with van der Waals surface area (Å²) in [5, 5.41) is 12.3. The van der Waals surface area contributed by atoms with Crippen molar-refractivity contribution in [3.63, 3.8) is 0 Å². The average molecular weight is 491 g/mol. The molecule has 1 aromatic heterocycles. The molecule has 7 nitrogen and oxygen atoms in total. The van der Waals surface area contributed by atoms with Crippen LogP contribution in [0.3, 0.4) is 0 Å². The highest BCUT2D eigenvalue weighted by Crippen LogP contribution is 2.27. The molecule has 2 N–H and O–H groups in total. The van der Waals surface area contributed by atoms with Crippen molar-refractivity contribution < 1.29 is 19.0 Å². The minimum absolute atomic E-state index is 0.0973.